The number of aryl methyl sites for hydroxylation is 1. The Morgan fingerprint density at radius 3 is 2.58 bits per heavy atom. The quantitative estimate of drug-likeness (QED) is 0.433. The fraction of sp³-hybridized carbons (Fsp3) is 0.400. The minimum Gasteiger partial charge on any atom is -0.357 e. The van der Waals surface area contributed by atoms with E-state index in [-0.39, 0.29) is 11.4 Å². The molecule has 0 bridgehead atoms. The number of pyridine rings is 1. The van der Waals surface area contributed by atoms with Gasteiger partial charge in [-0.2, -0.15) is 0 Å². The van der Waals surface area contributed by atoms with Crippen molar-refractivity contribution in [2.24, 2.45) is 4.99 Å². The fourth-order valence-corrected chi connectivity index (χ4v) is 2.61. The number of hydrogen-bond donors (Lipinski definition) is 2. The van der Waals surface area contributed by atoms with E-state index in [4.69, 9.17) is 0 Å². The molecule has 26 heavy (non-hydrogen) atoms. The normalized spacial score (nSPS) is 11.4. The minimum atomic E-state index is -0.240. The van der Waals surface area contributed by atoms with Crippen LogP contribution in [0.4, 0.5) is 4.39 Å². The van der Waals surface area contributed by atoms with Gasteiger partial charge in [-0.15, -0.1) is 0 Å². The molecule has 0 fully saturated rings. The summed E-state index contributed by atoms with van der Waals surface area (Å²) < 4.78 is 14.7. The Kier molecular flexibility index (Phi) is 7.86. The molecule has 1 aromatic carbocycles. The number of aliphatic imine (C=N–C) groups is 1. The van der Waals surface area contributed by atoms with Crippen LogP contribution in [0.15, 0.2) is 52.3 Å². The highest BCUT2D eigenvalue weighted by Crippen LogP contribution is 2.04. The van der Waals surface area contributed by atoms with Crippen LogP contribution >= 0.6 is 0 Å². The van der Waals surface area contributed by atoms with E-state index in [0.717, 1.165) is 49.7 Å². The zero-order valence-electron chi connectivity index (χ0n) is 15.5. The van der Waals surface area contributed by atoms with E-state index in [1.807, 2.05) is 19.9 Å². The predicted octanol–water partition coefficient (Wildman–Crippen LogP) is 2.83. The van der Waals surface area contributed by atoms with Crippen molar-refractivity contribution in [2.75, 3.05) is 13.1 Å². The Morgan fingerprint density at radius 1 is 1.12 bits per heavy atom. The predicted molar refractivity (Wildman–Crippen MR) is 104 cm³/mol. The Balaban J connectivity index is 1.78. The summed E-state index contributed by atoms with van der Waals surface area (Å²) in [5.74, 6) is 0.500. The number of aromatic nitrogens is 1. The molecular formula is C20H27FN4O. The Hall–Kier alpha value is -2.63. The van der Waals surface area contributed by atoms with E-state index in [2.05, 4.69) is 15.6 Å². The SMILES string of the molecule is CCNC(=NCc1ccc(F)cc1)NCCCCn1c(C)cccc1=O. The molecule has 2 rings (SSSR count). The lowest BCUT2D eigenvalue weighted by atomic mass is 10.2. The maximum atomic E-state index is 12.9. The van der Waals surface area contributed by atoms with Crippen molar-refractivity contribution in [3.05, 3.63) is 69.9 Å². The molecule has 6 heteroatoms. The van der Waals surface area contributed by atoms with E-state index in [1.54, 1.807) is 28.8 Å². The first-order valence-corrected chi connectivity index (χ1v) is 9.03. The van der Waals surface area contributed by atoms with Crippen LogP contribution < -0.4 is 16.2 Å². The first-order valence-electron chi connectivity index (χ1n) is 9.03. The smallest absolute Gasteiger partial charge is 0.250 e. The highest BCUT2D eigenvalue weighted by atomic mass is 19.1. The van der Waals surface area contributed by atoms with Gasteiger partial charge in [0.05, 0.1) is 6.54 Å². The number of unbranched alkanes of at least 4 members (excludes halogenated alkanes) is 1. The summed E-state index contributed by atoms with van der Waals surface area (Å²) in [7, 11) is 0. The van der Waals surface area contributed by atoms with E-state index in [9.17, 15) is 9.18 Å². The maximum absolute atomic E-state index is 12.9. The molecular weight excluding hydrogens is 331 g/mol. The molecule has 0 unspecified atom stereocenters. The lowest BCUT2D eigenvalue weighted by Gasteiger charge is -2.12. The molecule has 0 atom stereocenters. The number of nitrogens with one attached hydrogen (secondary N) is 2. The molecule has 5 nitrogen and oxygen atoms in total. The third-order valence-corrected chi connectivity index (χ3v) is 4.05. The number of benzene rings is 1. The van der Waals surface area contributed by atoms with Gasteiger partial charge in [0.25, 0.3) is 5.56 Å². The number of rotatable bonds is 8. The van der Waals surface area contributed by atoms with E-state index >= 15 is 0 Å². The van der Waals surface area contributed by atoms with Crippen molar-refractivity contribution in [2.45, 2.75) is 39.8 Å². The standard InChI is InChI=1S/C20H27FN4O/c1-3-22-20(24-15-17-9-11-18(21)12-10-17)23-13-4-5-14-25-16(2)7-6-8-19(25)26/h6-12H,3-5,13-15H2,1-2H3,(H2,22,23,24). The molecule has 0 aliphatic rings. The van der Waals surface area contributed by atoms with Crippen LogP contribution in [-0.4, -0.2) is 23.6 Å². The van der Waals surface area contributed by atoms with Gasteiger partial charge >= 0.3 is 0 Å². The first kappa shape index (κ1) is 19.7. The fourth-order valence-electron chi connectivity index (χ4n) is 2.61. The van der Waals surface area contributed by atoms with Gasteiger partial charge in [0.2, 0.25) is 0 Å². The number of halogens is 1. The second-order valence-electron chi connectivity index (χ2n) is 6.11. The topological polar surface area (TPSA) is 58.4 Å². The maximum Gasteiger partial charge on any atom is 0.250 e. The third kappa shape index (κ3) is 6.35. The molecule has 0 amide bonds. The molecule has 0 saturated carbocycles. The summed E-state index contributed by atoms with van der Waals surface area (Å²) in [6, 6.07) is 11.7. The summed E-state index contributed by atoms with van der Waals surface area (Å²) in [6.07, 6.45) is 1.84. The van der Waals surface area contributed by atoms with Crippen molar-refractivity contribution >= 4 is 5.96 Å². The number of hydrogen-bond acceptors (Lipinski definition) is 2. The van der Waals surface area contributed by atoms with Crippen molar-refractivity contribution in [1.29, 1.82) is 0 Å². The van der Waals surface area contributed by atoms with Gasteiger partial charge in [0.15, 0.2) is 5.96 Å². The lowest BCUT2D eigenvalue weighted by Crippen LogP contribution is -2.37. The van der Waals surface area contributed by atoms with Crippen molar-refractivity contribution in [3.8, 4) is 0 Å². The highest BCUT2D eigenvalue weighted by Gasteiger charge is 2.01. The van der Waals surface area contributed by atoms with Gasteiger partial charge in [0.1, 0.15) is 5.82 Å². The monoisotopic (exact) mass is 358 g/mol. The van der Waals surface area contributed by atoms with Crippen LogP contribution in [0.2, 0.25) is 0 Å². The van der Waals surface area contributed by atoms with Crippen LogP contribution in [0.3, 0.4) is 0 Å². The minimum absolute atomic E-state index is 0.0483. The van der Waals surface area contributed by atoms with Gasteiger partial charge < -0.3 is 15.2 Å². The van der Waals surface area contributed by atoms with Gasteiger partial charge in [-0.3, -0.25) is 4.79 Å². The summed E-state index contributed by atoms with van der Waals surface area (Å²) >= 11 is 0. The van der Waals surface area contributed by atoms with Gasteiger partial charge in [-0.1, -0.05) is 18.2 Å². The highest BCUT2D eigenvalue weighted by molar-refractivity contribution is 5.79. The third-order valence-electron chi connectivity index (χ3n) is 4.05. The van der Waals surface area contributed by atoms with Crippen LogP contribution in [0.25, 0.3) is 0 Å². The number of nitrogens with zero attached hydrogens (tertiary/aromatic N) is 2. The second-order valence-corrected chi connectivity index (χ2v) is 6.11. The average Bonchev–Trinajstić information content (AvgIpc) is 2.62. The molecule has 140 valence electrons. The zero-order valence-corrected chi connectivity index (χ0v) is 15.5. The Labute approximate surface area is 154 Å². The molecule has 1 heterocycles. The molecule has 0 radical (unpaired) electrons. The summed E-state index contributed by atoms with van der Waals surface area (Å²) in [5, 5.41) is 6.50. The molecule has 2 aromatic rings. The van der Waals surface area contributed by atoms with Crippen molar-refractivity contribution in [1.82, 2.24) is 15.2 Å². The van der Waals surface area contributed by atoms with Crippen LogP contribution in [0, 0.1) is 12.7 Å². The number of guanidine groups is 1. The Bertz CT molecular complexity index is 768. The van der Waals surface area contributed by atoms with E-state index < -0.39 is 0 Å². The van der Waals surface area contributed by atoms with Crippen LogP contribution in [-0.2, 0) is 13.1 Å². The average molecular weight is 358 g/mol. The molecule has 0 aliphatic carbocycles. The van der Waals surface area contributed by atoms with Gasteiger partial charge in [-0.25, -0.2) is 9.38 Å². The summed E-state index contributed by atoms with van der Waals surface area (Å²) in [6.45, 7) is 6.72. The summed E-state index contributed by atoms with van der Waals surface area (Å²) in [5.41, 5.74) is 1.99. The summed E-state index contributed by atoms with van der Waals surface area (Å²) in [4.78, 5) is 16.3. The molecule has 0 spiro atoms. The zero-order chi connectivity index (χ0) is 18.8. The van der Waals surface area contributed by atoms with Crippen LogP contribution in [0.5, 0.6) is 0 Å². The van der Waals surface area contributed by atoms with E-state index in [1.165, 1.54) is 12.1 Å². The molecule has 1 aromatic heterocycles. The first-order chi connectivity index (χ1) is 12.6. The van der Waals surface area contributed by atoms with E-state index in [0.29, 0.717) is 6.54 Å². The van der Waals surface area contributed by atoms with Gasteiger partial charge in [-0.05, 0) is 50.5 Å². The van der Waals surface area contributed by atoms with Crippen molar-refractivity contribution < 1.29 is 4.39 Å². The van der Waals surface area contributed by atoms with Crippen LogP contribution in [0.1, 0.15) is 31.0 Å². The largest absolute Gasteiger partial charge is 0.357 e. The van der Waals surface area contributed by atoms with Crippen molar-refractivity contribution in [3.63, 3.8) is 0 Å². The molecule has 0 saturated heterocycles. The second kappa shape index (κ2) is 10.4. The molecule has 0 aliphatic heterocycles. The molecule has 2 N–H and O–H groups in total. The van der Waals surface area contributed by atoms with Gasteiger partial charge in [0, 0.05) is 31.4 Å². The Morgan fingerprint density at radius 2 is 1.88 bits per heavy atom. The lowest BCUT2D eigenvalue weighted by molar-refractivity contribution is 0.575.